The molecule has 0 N–H and O–H groups in total. The van der Waals surface area contributed by atoms with Gasteiger partial charge in [-0.25, -0.2) is 4.39 Å². The highest BCUT2D eigenvalue weighted by atomic mass is 35.5. The van der Waals surface area contributed by atoms with E-state index in [0.717, 1.165) is 69.1 Å². The topological polar surface area (TPSA) is 37.2 Å². The molecule has 0 radical (unpaired) electrons. The van der Waals surface area contributed by atoms with Crippen molar-refractivity contribution >= 4 is 17.3 Å². The largest absolute Gasteiger partial charge is 0.369 e. The molecule has 1 aromatic heterocycles. The number of hydrogen-bond donors (Lipinski definition) is 0. The van der Waals surface area contributed by atoms with Gasteiger partial charge in [-0.3, -0.25) is 9.58 Å². The smallest absolute Gasteiger partial charge is 0.123 e. The van der Waals surface area contributed by atoms with Gasteiger partial charge in [0.15, 0.2) is 0 Å². The number of unbranched alkanes of at least 4 members (excludes halogenated alkanes) is 1. The second kappa shape index (κ2) is 9.37. The number of aryl methyl sites for hydroxylation is 1. The van der Waals surface area contributed by atoms with E-state index in [-0.39, 0.29) is 5.82 Å². The summed E-state index contributed by atoms with van der Waals surface area (Å²) in [6.45, 7) is 5.98. The van der Waals surface area contributed by atoms with E-state index in [2.05, 4.69) is 20.1 Å². The van der Waals surface area contributed by atoms with E-state index >= 15 is 0 Å². The Kier molecular flexibility index (Phi) is 6.42. The Balaban J connectivity index is 1.18. The van der Waals surface area contributed by atoms with Crippen LogP contribution in [0.1, 0.15) is 12.8 Å². The van der Waals surface area contributed by atoms with Gasteiger partial charge in [0.25, 0.3) is 0 Å². The van der Waals surface area contributed by atoms with Crippen molar-refractivity contribution in [2.24, 2.45) is 0 Å². The van der Waals surface area contributed by atoms with Gasteiger partial charge in [0.1, 0.15) is 11.5 Å². The Morgan fingerprint density at radius 2 is 1.62 bits per heavy atom. The van der Waals surface area contributed by atoms with Crippen LogP contribution in [0.2, 0.25) is 5.02 Å². The first-order valence-corrected chi connectivity index (χ1v) is 10.4. The van der Waals surface area contributed by atoms with Crippen LogP contribution >= 0.6 is 11.6 Å². The number of aromatic nitrogens is 3. The van der Waals surface area contributed by atoms with E-state index in [1.807, 2.05) is 47.3 Å². The van der Waals surface area contributed by atoms with E-state index in [1.165, 1.54) is 12.1 Å². The van der Waals surface area contributed by atoms with Crippen LogP contribution in [-0.4, -0.2) is 52.6 Å². The van der Waals surface area contributed by atoms with Gasteiger partial charge < -0.3 is 4.90 Å². The van der Waals surface area contributed by atoms with Gasteiger partial charge in [0.05, 0.1) is 11.2 Å². The first-order chi connectivity index (χ1) is 14.2. The van der Waals surface area contributed by atoms with Crippen molar-refractivity contribution in [3.05, 3.63) is 65.6 Å². The fourth-order valence-corrected chi connectivity index (χ4v) is 3.92. The van der Waals surface area contributed by atoms with Gasteiger partial charge in [0.2, 0.25) is 0 Å². The molecule has 3 aromatic rings. The molecule has 1 aliphatic rings. The molecular weight excluding hydrogens is 389 g/mol. The molecular formula is C22H25ClFN5. The van der Waals surface area contributed by atoms with Gasteiger partial charge in [0, 0.05) is 44.0 Å². The van der Waals surface area contributed by atoms with Crippen LogP contribution in [-0.2, 0) is 6.54 Å². The quantitative estimate of drug-likeness (QED) is 0.540. The summed E-state index contributed by atoms with van der Waals surface area (Å²) < 4.78 is 15.0. The maximum Gasteiger partial charge on any atom is 0.123 e. The molecule has 152 valence electrons. The summed E-state index contributed by atoms with van der Waals surface area (Å²) in [4.78, 5) is 4.82. The minimum absolute atomic E-state index is 0.182. The fraction of sp³-hybridized carbons (Fsp3) is 0.364. The summed E-state index contributed by atoms with van der Waals surface area (Å²) in [5.74, 6) is -0.182. The fourth-order valence-electron chi connectivity index (χ4n) is 3.69. The van der Waals surface area contributed by atoms with Gasteiger partial charge in [-0.05, 0) is 49.7 Å². The molecule has 0 spiro atoms. The normalized spacial score (nSPS) is 15.0. The summed E-state index contributed by atoms with van der Waals surface area (Å²) in [5, 5.41) is 9.17. The van der Waals surface area contributed by atoms with Crippen LogP contribution in [0.4, 0.5) is 10.1 Å². The van der Waals surface area contributed by atoms with E-state index in [1.54, 1.807) is 0 Å². The molecule has 1 saturated heterocycles. The molecule has 2 heterocycles. The van der Waals surface area contributed by atoms with Crippen LogP contribution in [0.5, 0.6) is 0 Å². The lowest BCUT2D eigenvalue weighted by molar-refractivity contribution is 0.250. The van der Waals surface area contributed by atoms with Crippen LogP contribution in [0.15, 0.2) is 54.7 Å². The Hall–Kier alpha value is -2.44. The summed E-state index contributed by atoms with van der Waals surface area (Å²) in [7, 11) is 0. The van der Waals surface area contributed by atoms with Crippen molar-refractivity contribution in [3.8, 4) is 11.3 Å². The van der Waals surface area contributed by atoms with Gasteiger partial charge in [-0.1, -0.05) is 35.0 Å². The van der Waals surface area contributed by atoms with E-state index in [0.29, 0.717) is 5.02 Å². The lowest BCUT2D eigenvalue weighted by Gasteiger charge is -2.36. The van der Waals surface area contributed by atoms with Gasteiger partial charge in [-0.2, -0.15) is 0 Å². The molecule has 0 aliphatic carbocycles. The third-order valence-corrected chi connectivity index (χ3v) is 5.69. The average molecular weight is 414 g/mol. The SMILES string of the molecule is Fc1ccc(N2CCN(CCCCn3cc(-c4ccccc4Cl)nn3)CC2)cc1. The zero-order valence-corrected chi connectivity index (χ0v) is 17.1. The average Bonchev–Trinajstić information content (AvgIpc) is 3.21. The molecule has 7 heteroatoms. The van der Waals surface area contributed by atoms with E-state index < -0.39 is 0 Å². The van der Waals surface area contributed by atoms with Crippen molar-refractivity contribution in [2.45, 2.75) is 19.4 Å². The molecule has 0 bridgehead atoms. The van der Waals surface area contributed by atoms with E-state index in [4.69, 9.17) is 11.6 Å². The van der Waals surface area contributed by atoms with Crippen LogP contribution in [0, 0.1) is 5.82 Å². The number of benzene rings is 2. The predicted octanol–water partition coefficient (Wildman–Crippen LogP) is 4.34. The molecule has 2 aromatic carbocycles. The Morgan fingerprint density at radius 1 is 0.897 bits per heavy atom. The molecule has 1 fully saturated rings. The number of anilines is 1. The second-order valence-electron chi connectivity index (χ2n) is 7.36. The standard InChI is InChI=1S/C22H25ClFN5/c23-21-6-2-1-5-20(21)22-17-29(26-25-22)12-4-3-11-27-13-15-28(16-14-27)19-9-7-18(24)8-10-19/h1-2,5-10,17H,3-4,11-16H2. The monoisotopic (exact) mass is 413 g/mol. The van der Waals surface area contributed by atoms with Crippen molar-refractivity contribution in [1.82, 2.24) is 19.9 Å². The number of halogens is 2. The third-order valence-electron chi connectivity index (χ3n) is 5.36. The zero-order chi connectivity index (χ0) is 20.1. The van der Waals surface area contributed by atoms with Crippen molar-refractivity contribution in [1.29, 1.82) is 0 Å². The lowest BCUT2D eigenvalue weighted by Crippen LogP contribution is -2.46. The van der Waals surface area contributed by atoms with Gasteiger partial charge >= 0.3 is 0 Å². The number of nitrogens with zero attached hydrogens (tertiary/aromatic N) is 5. The summed E-state index contributed by atoms with van der Waals surface area (Å²) in [5.41, 5.74) is 2.83. The van der Waals surface area contributed by atoms with Crippen LogP contribution in [0.25, 0.3) is 11.3 Å². The molecule has 0 unspecified atom stereocenters. The minimum atomic E-state index is -0.182. The number of piperazine rings is 1. The summed E-state index contributed by atoms with van der Waals surface area (Å²) in [6.07, 6.45) is 4.14. The van der Waals surface area contributed by atoms with Crippen LogP contribution < -0.4 is 4.90 Å². The van der Waals surface area contributed by atoms with Crippen molar-refractivity contribution in [3.63, 3.8) is 0 Å². The predicted molar refractivity (Wildman–Crippen MR) is 115 cm³/mol. The van der Waals surface area contributed by atoms with Gasteiger partial charge in [-0.15, -0.1) is 5.10 Å². The Labute approximate surface area is 175 Å². The first kappa shape index (κ1) is 19.9. The second-order valence-corrected chi connectivity index (χ2v) is 7.77. The minimum Gasteiger partial charge on any atom is -0.369 e. The molecule has 1 aliphatic heterocycles. The number of rotatable bonds is 7. The summed E-state index contributed by atoms with van der Waals surface area (Å²) in [6, 6.07) is 14.5. The Morgan fingerprint density at radius 3 is 2.38 bits per heavy atom. The molecule has 29 heavy (non-hydrogen) atoms. The number of hydrogen-bond acceptors (Lipinski definition) is 4. The molecule has 5 nitrogen and oxygen atoms in total. The molecule has 0 saturated carbocycles. The first-order valence-electron chi connectivity index (χ1n) is 10.1. The van der Waals surface area contributed by atoms with Crippen molar-refractivity contribution in [2.75, 3.05) is 37.6 Å². The van der Waals surface area contributed by atoms with Crippen LogP contribution in [0.3, 0.4) is 0 Å². The summed E-state index contributed by atoms with van der Waals surface area (Å²) >= 11 is 6.23. The molecule has 4 rings (SSSR count). The van der Waals surface area contributed by atoms with Crippen molar-refractivity contribution < 1.29 is 4.39 Å². The molecule has 0 atom stereocenters. The molecule has 0 amide bonds. The lowest BCUT2D eigenvalue weighted by atomic mass is 10.2. The maximum atomic E-state index is 13.1. The highest BCUT2D eigenvalue weighted by molar-refractivity contribution is 6.33. The van der Waals surface area contributed by atoms with E-state index in [9.17, 15) is 4.39 Å². The Bertz CT molecular complexity index is 919. The third kappa shape index (κ3) is 5.14. The highest BCUT2D eigenvalue weighted by Crippen LogP contribution is 2.25. The highest BCUT2D eigenvalue weighted by Gasteiger charge is 2.16. The maximum absolute atomic E-state index is 13.1. The zero-order valence-electron chi connectivity index (χ0n) is 16.3.